The molecule has 1 rings (SSSR count). The molecule has 3 N–H and O–H groups in total. The normalized spacial score (nSPS) is 11.1. The molecule has 1 unspecified atom stereocenters. The van der Waals surface area contributed by atoms with Crippen LogP contribution in [-0.4, -0.2) is 31.6 Å². The van der Waals surface area contributed by atoms with Crippen LogP contribution in [0.15, 0.2) is 24.3 Å². The first-order chi connectivity index (χ1) is 8.54. The van der Waals surface area contributed by atoms with Gasteiger partial charge in [-0.1, -0.05) is 24.0 Å². The van der Waals surface area contributed by atoms with Gasteiger partial charge in [-0.3, -0.25) is 0 Å². The third-order valence-electron chi connectivity index (χ3n) is 2.49. The van der Waals surface area contributed by atoms with Gasteiger partial charge in [-0.25, -0.2) is 4.79 Å². The molecule has 0 aromatic heterocycles. The van der Waals surface area contributed by atoms with E-state index in [0.29, 0.717) is 6.54 Å². The molecule has 0 spiro atoms. The van der Waals surface area contributed by atoms with Crippen LogP contribution < -0.4 is 11.1 Å². The van der Waals surface area contributed by atoms with E-state index in [9.17, 15) is 4.79 Å². The van der Waals surface area contributed by atoms with Gasteiger partial charge in [0.15, 0.2) is 0 Å². The average molecular weight is 245 g/mol. The highest BCUT2D eigenvalue weighted by Gasteiger charge is 2.10. The zero-order valence-electron chi connectivity index (χ0n) is 11.0. The van der Waals surface area contributed by atoms with E-state index >= 15 is 0 Å². The topological polar surface area (TPSA) is 58.4 Å². The minimum atomic E-state index is -0.102. The number of urea groups is 1. The van der Waals surface area contributed by atoms with Crippen molar-refractivity contribution in [2.45, 2.75) is 13.0 Å². The van der Waals surface area contributed by atoms with E-state index in [-0.39, 0.29) is 12.1 Å². The predicted octanol–water partition coefficient (Wildman–Crippen LogP) is 1.33. The van der Waals surface area contributed by atoms with E-state index in [1.54, 1.807) is 14.1 Å². The van der Waals surface area contributed by atoms with Crippen molar-refractivity contribution >= 4 is 6.03 Å². The van der Waals surface area contributed by atoms with Gasteiger partial charge in [0.05, 0.1) is 12.6 Å². The fraction of sp³-hybridized carbons (Fsp3) is 0.357. The Labute approximate surface area is 108 Å². The molecule has 96 valence electrons. The van der Waals surface area contributed by atoms with Crippen LogP contribution in [0.4, 0.5) is 4.79 Å². The largest absolute Gasteiger partial charge is 0.331 e. The molecule has 4 nitrogen and oxygen atoms in total. The van der Waals surface area contributed by atoms with Gasteiger partial charge in [0.2, 0.25) is 0 Å². The van der Waals surface area contributed by atoms with Crippen molar-refractivity contribution in [3.8, 4) is 11.8 Å². The van der Waals surface area contributed by atoms with Gasteiger partial charge >= 0.3 is 6.03 Å². The number of nitrogens with zero attached hydrogens (tertiary/aromatic N) is 1. The van der Waals surface area contributed by atoms with E-state index in [1.165, 1.54) is 4.90 Å². The molecule has 2 amide bonds. The van der Waals surface area contributed by atoms with Crippen LogP contribution in [0, 0.1) is 11.8 Å². The molecule has 0 radical (unpaired) electrons. The second-order valence-corrected chi connectivity index (χ2v) is 4.19. The third kappa shape index (κ3) is 4.11. The first kappa shape index (κ1) is 14.1. The Kier molecular flexibility index (Phi) is 5.22. The molecule has 0 saturated carbocycles. The summed E-state index contributed by atoms with van der Waals surface area (Å²) in [5.74, 6) is 5.76. The van der Waals surface area contributed by atoms with E-state index in [1.807, 2.05) is 31.2 Å². The summed E-state index contributed by atoms with van der Waals surface area (Å²) in [7, 11) is 3.43. The summed E-state index contributed by atoms with van der Waals surface area (Å²) in [5.41, 5.74) is 7.28. The Balaban J connectivity index is 2.70. The minimum Gasteiger partial charge on any atom is -0.331 e. The Morgan fingerprint density at radius 3 is 2.50 bits per heavy atom. The number of amides is 2. The molecule has 0 aliphatic carbocycles. The molecule has 0 bridgehead atoms. The number of carbonyl (C=O) groups excluding carboxylic acids is 1. The zero-order valence-corrected chi connectivity index (χ0v) is 11.0. The second kappa shape index (κ2) is 6.67. The highest BCUT2D eigenvalue weighted by atomic mass is 16.2. The average Bonchev–Trinajstić information content (AvgIpc) is 2.36. The Morgan fingerprint density at radius 2 is 2.00 bits per heavy atom. The Bertz CT molecular complexity index is 454. The number of rotatable bonds is 2. The van der Waals surface area contributed by atoms with Crippen LogP contribution in [0.3, 0.4) is 0 Å². The summed E-state index contributed by atoms with van der Waals surface area (Å²) in [5, 5.41) is 2.89. The van der Waals surface area contributed by atoms with Gasteiger partial charge in [-0.05, 0) is 24.6 Å². The Hall–Kier alpha value is -1.99. The maximum atomic E-state index is 11.5. The smallest absolute Gasteiger partial charge is 0.317 e. The van der Waals surface area contributed by atoms with Crippen molar-refractivity contribution in [2.24, 2.45) is 5.73 Å². The number of nitrogens with one attached hydrogen (secondary N) is 1. The highest BCUT2D eigenvalue weighted by molar-refractivity contribution is 5.74. The maximum Gasteiger partial charge on any atom is 0.317 e. The van der Waals surface area contributed by atoms with Gasteiger partial charge in [0.25, 0.3) is 0 Å². The van der Waals surface area contributed by atoms with Crippen molar-refractivity contribution in [2.75, 3.05) is 20.6 Å². The number of carbonyl (C=O) groups is 1. The standard InChI is InChI=1S/C14H19N3O/c1-11(16-14(18)17(2)3)13-8-6-12(7-9-13)5-4-10-15/h6-9,11H,10,15H2,1-3H3,(H,16,18). The van der Waals surface area contributed by atoms with Crippen LogP contribution in [0.1, 0.15) is 24.1 Å². The molecule has 0 fully saturated rings. The van der Waals surface area contributed by atoms with E-state index < -0.39 is 0 Å². The van der Waals surface area contributed by atoms with Crippen LogP contribution in [0.2, 0.25) is 0 Å². The van der Waals surface area contributed by atoms with Gasteiger partial charge in [0.1, 0.15) is 0 Å². The van der Waals surface area contributed by atoms with Crippen molar-refractivity contribution < 1.29 is 4.79 Å². The maximum absolute atomic E-state index is 11.5. The van der Waals surface area contributed by atoms with Gasteiger partial charge in [0, 0.05) is 19.7 Å². The lowest BCUT2D eigenvalue weighted by molar-refractivity contribution is 0.214. The van der Waals surface area contributed by atoms with E-state index in [2.05, 4.69) is 17.2 Å². The highest BCUT2D eigenvalue weighted by Crippen LogP contribution is 2.13. The number of benzene rings is 1. The van der Waals surface area contributed by atoms with Crippen molar-refractivity contribution in [3.63, 3.8) is 0 Å². The predicted molar refractivity (Wildman–Crippen MR) is 73.0 cm³/mol. The lowest BCUT2D eigenvalue weighted by atomic mass is 10.1. The fourth-order valence-electron chi connectivity index (χ4n) is 1.41. The third-order valence-corrected chi connectivity index (χ3v) is 2.49. The monoisotopic (exact) mass is 245 g/mol. The van der Waals surface area contributed by atoms with Crippen LogP contribution in [0.5, 0.6) is 0 Å². The van der Waals surface area contributed by atoms with Gasteiger partial charge in [-0.15, -0.1) is 0 Å². The lowest BCUT2D eigenvalue weighted by Crippen LogP contribution is -2.36. The summed E-state index contributed by atoms with van der Waals surface area (Å²) < 4.78 is 0. The Morgan fingerprint density at radius 1 is 1.39 bits per heavy atom. The zero-order chi connectivity index (χ0) is 13.5. The van der Waals surface area contributed by atoms with Gasteiger partial charge < -0.3 is 16.0 Å². The van der Waals surface area contributed by atoms with Crippen molar-refractivity contribution in [1.29, 1.82) is 0 Å². The molecule has 1 atom stereocenters. The lowest BCUT2D eigenvalue weighted by Gasteiger charge is -2.18. The molecule has 0 aliphatic rings. The second-order valence-electron chi connectivity index (χ2n) is 4.19. The number of nitrogens with two attached hydrogens (primary N) is 1. The van der Waals surface area contributed by atoms with E-state index in [4.69, 9.17) is 5.73 Å². The molecular weight excluding hydrogens is 226 g/mol. The van der Waals surface area contributed by atoms with Crippen LogP contribution in [0.25, 0.3) is 0 Å². The van der Waals surface area contributed by atoms with Crippen LogP contribution in [-0.2, 0) is 0 Å². The fourth-order valence-corrected chi connectivity index (χ4v) is 1.41. The summed E-state index contributed by atoms with van der Waals surface area (Å²) in [4.78, 5) is 13.0. The molecule has 0 aliphatic heterocycles. The SMILES string of the molecule is CC(NC(=O)N(C)C)c1ccc(C#CCN)cc1. The first-order valence-corrected chi connectivity index (χ1v) is 5.81. The van der Waals surface area contributed by atoms with Gasteiger partial charge in [-0.2, -0.15) is 0 Å². The molecule has 4 heteroatoms. The molecule has 0 saturated heterocycles. The minimum absolute atomic E-state index is 0.0311. The summed E-state index contributed by atoms with van der Waals surface area (Å²) >= 11 is 0. The summed E-state index contributed by atoms with van der Waals surface area (Å²) in [6, 6.07) is 7.64. The molecule has 0 heterocycles. The molecule has 1 aromatic carbocycles. The number of hydrogen-bond acceptors (Lipinski definition) is 2. The first-order valence-electron chi connectivity index (χ1n) is 5.81. The number of hydrogen-bond donors (Lipinski definition) is 2. The van der Waals surface area contributed by atoms with Crippen molar-refractivity contribution in [3.05, 3.63) is 35.4 Å². The van der Waals surface area contributed by atoms with Crippen LogP contribution >= 0.6 is 0 Å². The quantitative estimate of drug-likeness (QED) is 0.772. The molecule has 1 aromatic rings. The van der Waals surface area contributed by atoms with Crippen molar-refractivity contribution in [1.82, 2.24) is 10.2 Å². The molecule has 18 heavy (non-hydrogen) atoms. The van der Waals surface area contributed by atoms with E-state index in [0.717, 1.165) is 11.1 Å². The summed E-state index contributed by atoms with van der Waals surface area (Å²) in [6.07, 6.45) is 0. The summed E-state index contributed by atoms with van der Waals surface area (Å²) in [6.45, 7) is 2.30. The molecular formula is C14H19N3O.